The number of carbonyl (C=O) groups excluding carboxylic acids is 1. The lowest BCUT2D eigenvalue weighted by molar-refractivity contribution is -0.274. The van der Waals surface area contributed by atoms with Crippen LogP contribution in [0, 0.1) is 0 Å². The lowest BCUT2D eigenvalue weighted by Gasteiger charge is -2.35. The van der Waals surface area contributed by atoms with Gasteiger partial charge in [0.15, 0.2) is 0 Å². The highest BCUT2D eigenvalue weighted by atomic mass is 19.4. The molecule has 1 amide bonds. The second kappa shape index (κ2) is 6.45. The number of aliphatic imine (C=N–C) groups is 1. The smallest absolute Gasteiger partial charge is 0.406 e. The van der Waals surface area contributed by atoms with Crippen molar-refractivity contribution in [2.24, 2.45) is 4.99 Å². The van der Waals surface area contributed by atoms with Gasteiger partial charge in [0.25, 0.3) is 5.91 Å². The van der Waals surface area contributed by atoms with Crippen LogP contribution >= 0.6 is 0 Å². The number of halogens is 3. The molecule has 26 heavy (non-hydrogen) atoms. The summed E-state index contributed by atoms with van der Waals surface area (Å²) in [4.78, 5) is 19.3. The summed E-state index contributed by atoms with van der Waals surface area (Å²) in [7, 11) is 0. The predicted octanol–water partition coefficient (Wildman–Crippen LogP) is 4.12. The second-order valence-electron chi connectivity index (χ2n) is 7.01. The molecule has 0 N–H and O–H groups in total. The molecule has 0 spiro atoms. The van der Waals surface area contributed by atoms with E-state index in [1.54, 1.807) is 0 Å². The highest BCUT2D eigenvalue weighted by molar-refractivity contribution is 5.95. The molecule has 7 heteroatoms. The van der Waals surface area contributed by atoms with Crippen molar-refractivity contribution in [1.82, 2.24) is 4.90 Å². The minimum Gasteiger partial charge on any atom is -0.406 e. The maximum absolute atomic E-state index is 13.0. The average molecular weight is 364 g/mol. The van der Waals surface area contributed by atoms with Crippen LogP contribution in [0.3, 0.4) is 0 Å². The molecule has 2 aliphatic carbocycles. The van der Waals surface area contributed by atoms with Gasteiger partial charge < -0.3 is 9.64 Å². The molecule has 1 unspecified atom stereocenters. The maximum atomic E-state index is 13.0. The van der Waals surface area contributed by atoms with Crippen molar-refractivity contribution < 1.29 is 22.7 Å². The van der Waals surface area contributed by atoms with Crippen LogP contribution in [0.2, 0.25) is 0 Å². The van der Waals surface area contributed by atoms with E-state index in [1.165, 1.54) is 35.4 Å². The molecule has 4 rings (SSSR count). The van der Waals surface area contributed by atoms with Crippen LogP contribution in [0.4, 0.5) is 13.2 Å². The van der Waals surface area contributed by atoms with Crippen LogP contribution in [0.15, 0.2) is 40.4 Å². The van der Waals surface area contributed by atoms with Crippen molar-refractivity contribution >= 4 is 12.1 Å². The number of benzene rings is 1. The van der Waals surface area contributed by atoms with Gasteiger partial charge in [-0.2, -0.15) is 0 Å². The van der Waals surface area contributed by atoms with E-state index in [4.69, 9.17) is 0 Å². The summed E-state index contributed by atoms with van der Waals surface area (Å²) in [5.74, 6) is -0.434. The first-order chi connectivity index (χ1) is 12.4. The molecular formula is C19H19F3N2O2. The minimum atomic E-state index is -4.73. The standard InChI is InChI=1S/C19H19F3N2O2/c20-19(21,22)26-17-7-2-12(3-8-17)18(25)24(15-5-6-15)16-4-1-13-10-23-11-14(13)9-16/h2-3,7-8,11,15-16H,1,4-6,9-10H2. The third-order valence-electron chi connectivity index (χ3n) is 5.12. The van der Waals surface area contributed by atoms with Gasteiger partial charge in [0.1, 0.15) is 5.75 Å². The Balaban J connectivity index is 1.50. The van der Waals surface area contributed by atoms with Crippen LogP contribution in [-0.4, -0.2) is 42.0 Å². The molecule has 1 aromatic rings. The van der Waals surface area contributed by atoms with E-state index >= 15 is 0 Å². The summed E-state index contributed by atoms with van der Waals surface area (Å²) in [5.41, 5.74) is 3.01. The average Bonchev–Trinajstić information content (AvgIpc) is 3.30. The summed E-state index contributed by atoms with van der Waals surface area (Å²) >= 11 is 0. The lowest BCUT2D eigenvalue weighted by atomic mass is 9.88. The molecular weight excluding hydrogens is 345 g/mol. The third-order valence-corrected chi connectivity index (χ3v) is 5.12. The molecule has 1 fully saturated rings. The fourth-order valence-corrected chi connectivity index (χ4v) is 3.76. The fraction of sp³-hybridized carbons (Fsp3) is 0.474. The van der Waals surface area contributed by atoms with Gasteiger partial charge in [0, 0.05) is 23.9 Å². The quantitative estimate of drug-likeness (QED) is 0.806. The van der Waals surface area contributed by atoms with E-state index in [2.05, 4.69) is 9.73 Å². The summed E-state index contributed by atoms with van der Waals surface area (Å²) in [6, 6.07) is 5.56. The van der Waals surface area contributed by atoms with Crippen molar-refractivity contribution in [3.05, 3.63) is 41.0 Å². The van der Waals surface area contributed by atoms with Crippen LogP contribution < -0.4 is 4.74 Å². The molecule has 3 aliphatic rings. The normalized spacial score (nSPS) is 22.3. The highest BCUT2D eigenvalue weighted by Gasteiger charge is 2.39. The molecule has 1 saturated carbocycles. The third kappa shape index (κ3) is 3.61. The number of nitrogens with zero attached hydrogens (tertiary/aromatic N) is 2. The Labute approximate surface area is 149 Å². The van der Waals surface area contributed by atoms with Gasteiger partial charge in [-0.3, -0.25) is 9.79 Å². The number of hydrogen-bond donors (Lipinski definition) is 0. The molecule has 4 nitrogen and oxygen atoms in total. The number of hydrogen-bond acceptors (Lipinski definition) is 3. The number of carbonyl (C=O) groups is 1. The Morgan fingerprint density at radius 2 is 1.85 bits per heavy atom. The molecule has 0 aromatic heterocycles. The summed E-state index contributed by atoms with van der Waals surface area (Å²) < 4.78 is 40.7. The zero-order valence-electron chi connectivity index (χ0n) is 14.1. The van der Waals surface area contributed by atoms with E-state index in [9.17, 15) is 18.0 Å². The van der Waals surface area contributed by atoms with E-state index in [0.717, 1.165) is 38.6 Å². The zero-order chi connectivity index (χ0) is 18.3. The Morgan fingerprint density at radius 1 is 1.12 bits per heavy atom. The van der Waals surface area contributed by atoms with Gasteiger partial charge in [0.2, 0.25) is 0 Å². The maximum Gasteiger partial charge on any atom is 0.573 e. The van der Waals surface area contributed by atoms with Crippen LogP contribution in [0.25, 0.3) is 0 Å². The first-order valence-electron chi connectivity index (χ1n) is 8.80. The van der Waals surface area contributed by atoms with Crippen LogP contribution in [-0.2, 0) is 0 Å². The molecule has 138 valence electrons. The predicted molar refractivity (Wildman–Crippen MR) is 90.3 cm³/mol. The Morgan fingerprint density at radius 3 is 2.50 bits per heavy atom. The number of alkyl halides is 3. The van der Waals surface area contributed by atoms with Crippen molar-refractivity contribution in [2.75, 3.05) is 6.54 Å². The first-order valence-corrected chi connectivity index (χ1v) is 8.80. The van der Waals surface area contributed by atoms with Gasteiger partial charge in [-0.25, -0.2) is 0 Å². The van der Waals surface area contributed by atoms with Crippen molar-refractivity contribution in [3.8, 4) is 5.75 Å². The minimum absolute atomic E-state index is 0.116. The molecule has 1 aliphatic heterocycles. The second-order valence-corrected chi connectivity index (χ2v) is 7.01. The van der Waals surface area contributed by atoms with Gasteiger partial charge in [-0.15, -0.1) is 13.2 Å². The van der Waals surface area contributed by atoms with E-state index < -0.39 is 6.36 Å². The largest absolute Gasteiger partial charge is 0.573 e. The lowest BCUT2D eigenvalue weighted by Crippen LogP contribution is -2.43. The number of amides is 1. The Hall–Kier alpha value is -2.31. The molecule has 1 aromatic carbocycles. The van der Waals surface area contributed by atoms with Gasteiger partial charge in [-0.1, -0.05) is 0 Å². The molecule has 0 bridgehead atoms. The molecule has 0 saturated heterocycles. The van der Waals surface area contributed by atoms with E-state index in [0.29, 0.717) is 5.56 Å². The summed E-state index contributed by atoms with van der Waals surface area (Å²) in [6.45, 7) is 0.778. The summed E-state index contributed by atoms with van der Waals surface area (Å²) in [5, 5.41) is 0. The van der Waals surface area contributed by atoms with Gasteiger partial charge in [0.05, 0.1) is 6.54 Å². The van der Waals surface area contributed by atoms with Crippen molar-refractivity contribution in [1.29, 1.82) is 0 Å². The molecule has 1 heterocycles. The number of rotatable bonds is 4. The van der Waals surface area contributed by atoms with E-state index in [-0.39, 0.29) is 23.7 Å². The topological polar surface area (TPSA) is 41.9 Å². The Bertz CT molecular complexity index is 764. The highest BCUT2D eigenvalue weighted by Crippen LogP contribution is 2.37. The van der Waals surface area contributed by atoms with Crippen LogP contribution in [0.1, 0.15) is 42.5 Å². The molecule has 0 radical (unpaired) electrons. The Kier molecular flexibility index (Phi) is 4.25. The summed E-state index contributed by atoms with van der Waals surface area (Å²) in [6.07, 6.45) is 1.84. The SMILES string of the molecule is O=C(c1ccc(OC(F)(F)F)cc1)N(C1CC1)C1CCC2=C(C=NC2)C1. The van der Waals surface area contributed by atoms with Crippen molar-refractivity contribution in [3.63, 3.8) is 0 Å². The first kappa shape index (κ1) is 17.1. The fourth-order valence-electron chi connectivity index (χ4n) is 3.76. The van der Waals surface area contributed by atoms with Crippen molar-refractivity contribution in [2.45, 2.75) is 50.6 Å². The van der Waals surface area contributed by atoms with Gasteiger partial charge >= 0.3 is 6.36 Å². The van der Waals surface area contributed by atoms with E-state index in [1.807, 2.05) is 11.1 Å². The monoisotopic (exact) mass is 364 g/mol. The zero-order valence-corrected chi connectivity index (χ0v) is 14.1. The van der Waals surface area contributed by atoms with Gasteiger partial charge in [-0.05, 0) is 67.5 Å². The molecule has 1 atom stereocenters. The van der Waals surface area contributed by atoms with Crippen LogP contribution in [0.5, 0.6) is 5.75 Å². The number of ether oxygens (including phenoxy) is 1.